The van der Waals surface area contributed by atoms with Crippen LogP contribution in [0.4, 0.5) is 16.2 Å². The van der Waals surface area contributed by atoms with Gasteiger partial charge < -0.3 is 15.0 Å². The lowest BCUT2D eigenvalue weighted by Gasteiger charge is -2.39. The lowest BCUT2D eigenvalue weighted by atomic mass is 9.81. The van der Waals surface area contributed by atoms with Crippen LogP contribution in [-0.2, 0) is 19.9 Å². The first-order chi connectivity index (χ1) is 15.4. The highest BCUT2D eigenvalue weighted by Gasteiger charge is 2.64. The molecule has 2 aromatic carbocycles. The molecule has 0 spiro atoms. The zero-order valence-electron chi connectivity index (χ0n) is 18.9. The van der Waals surface area contributed by atoms with Gasteiger partial charge in [-0.1, -0.05) is 34.1 Å². The van der Waals surface area contributed by atoms with Crippen LogP contribution in [0, 0.1) is 0 Å². The quantitative estimate of drug-likeness (QED) is 0.659. The summed E-state index contributed by atoms with van der Waals surface area (Å²) >= 11 is 3.50. The summed E-state index contributed by atoms with van der Waals surface area (Å²) in [5.74, 6) is -1.42. The fourth-order valence-corrected chi connectivity index (χ4v) is 5.27. The Kier molecular flexibility index (Phi) is 5.35. The maximum atomic E-state index is 13.9. The summed E-state index contributed by atoms with van der Waals surface area (Å²) in [4.78, 5) is 56.3. The van der Waals surface area contributed by atoms with Crippen molar-refractivity contribution in [2.75, 3.05) is 16.8 Å². The highest BCUT2D eigenvalue weighted by molar-refractivity contribution is 9.10. The van der Waals surface area contributed by atoms with E-state index in [1.54, 1.807) is 70.3 Å². The first kappa shape index (κ1) is 23.0. The monoisotopic (exact) mass is 513 g/mol. The number of hydrogen-bond donors (Lipinski definition) is 1. The molecule has 2 atom stereocenters. The van der Waals surface area contributed by atoms with E-state index in [0.717, 1.165) is 0 Å². The van der Waals surface area contributed by atoms with E-state index in [-0.39, 0.29) is 0 Å². The van der Waals surface area contributed by atoms with E-state index in [0.29, 0.717) is 27.0 Å². The Morgan fingerprint density at radius 1 is 1.06 bits per heavy atom. The zero-order chi connectivity index (χ0) is 24.3. The van der Waals surface area contributed by atoms with Gasteiger partial charge in [-0.05, 0) is 45.0 Å². The van der Waals surface area contributed by atoms with Gasteiger partial charge in [0.15, 0.2) is 11.3 Å². The molecule has 0 saturated carbocycles. The second-order valence-corrected chi connectivity index (χ2v) is 9.96. The summed E-state index contributed by atoms with van der Waals surface area (Å²) in [5.41, 5.74) is -1.16. The molecule has 8 nitrogen and oxygen atoms in total. The third-order valence-corrected chi connectivity index (χ3v) is 6.43. The number of Topliss-reactive ketones (excluding diaryl/α,β-unsaturated/α-hetero) is 1. The van der Waals surface area contributed by atoms with Crippen LogP contribution in [0.3, 0.4) is 0 Å². The van der Waals surface area contributed by atoms with E-state index in [4.69, 9.17) is 4.74 Å². The Balaban J connectivity index is 2.00. The van der Waals surface area contributed by atoms with Crippen molar-refractivity contribution in [1.29, 1.82) is 0 Å². The van der Waals surface area contributed by atoms with E-state index in [9.17, 15) is 19.2 Å². The van der Waals surface area contributed by atoms with E-state index < -0.39 is 40.9 Å². The topological polar surface area (TPSA) is 96.0 Å². The molecule has 33 heavy (non-hydrogen) atoms. The fraction of sp³-hybridized carbons (Fsp3) is 0.333. The van der Waals surface area contributed by atoms with Gasteiger partial charge in [-0.2, -0.15) is 0 Å². The number of ketones is 1. The van der Waals surface area contributed by atoms with E-state index >= 15 is 0 Å². The molecule has 172 valence electrons. The van der Waals surface area contributed by atoms with Crippen LogP contribution in [0.1, 0.15) is 43.6 Å². The Hall–Kier alpha value is -3.20. The number of rotatable bonds is 2. The number of anilines is 2. The van der Waals surface area contributed by atoms with E-state index in [2.05, 4.69) is 21.2 Å². The Labute approximate surface area is 200 Å². The number of ether oxygens (including phenoxy) is 1. The predicted molar refractivity (Wildman–Crippen MR) is 126 cm³/mol. The number of hydrogen-bond acceptors (Lipinski definition) is 5. The second-order valence-electron chi connectivity index (χ2n) is 9.11. The van der Waals surface area contributed by atoms with Crippen LogP contribution in [0.2, 0.25) is 0 Å². The normalized spacial score (nSPS) is 21.7. The minimum atomic E-state index is -1.91. The molecule has 0 fully saturated rings. The van der Waals surface area contributed by atoms with Crippen LogP contribution in [0.5, 0.6) is 0 Å². The summed E-state index contributed by atoms with van der Waals surface area (Å²) in [6.07, 6.45) is -0.875. The third kappa shape index (κ3) is 3.42. The Morgan fingerprint density at radius 3 is 2.33 bits per heavy atom. The number of carbonyl (C=O) groups is 4. The summed E-state index contributed by atoms with van der Waals surface area (Å²) < 4.78 is 5.99. The molecule has 0 saturated heterocycles. The van der Waals surface area contributed by atoms with Crippen molar-refractivity contribution in [2.45, 2.75) is 44.9 Å². The molecule has 0 aliphatic carbocycles. The van der Waals surface area contributed by atoms with Gasteiger partial charge in [0.1, 0.15) is 11.6 Å². The highest BCUT2D eigenvalue weighted by atomic mass is 79.9. The number of fused-ring (bicyclic) bond motifs is 2. The van der Waals surface area contributed by atoms with Crippen molar-refractivity contribution in [1.82, 2.24) is 5.32 Å². The van der Waals surface area contributed by atoms with Crippen molar-refractivity contribution in [3.05, 3.63) is 58.1 Å². The maximum absolute atomic E-state index is 13.9. The third-order valence-electron chi connectivity index (χ3n) is 5.77. The summed E-state index contributed by atoms with van der Waals surface area (Å²) in [5, 5.41) is 2.72. The zero-order valence-corrected chi connectivity index (χ0v) is 20.5. The molecule has 2 heterocycles. The Bertz CT molecular complexity index is 1200. The first-order valence-electron chi connectivity index (χ1n) is 10.4. The van der Waals surface area contributed by atoms with Crippen LogP contribution in [0.25, 0.3) is 0 Å². The van der Waals surface area contributed by atoms with Crippen LogP contribution < -0.4 is 15.1 Å². The molecule has 0 unspecified atom stereocenters. The summed E-state index contributed by atoms with van der Waals surface area (Å²) in [7, 11) is 1.57. The Morgan fingerprint density at radius 2 is 1.70 bits per heavy atom. The number of halogens is 1. The van der Waals surface area contributed by atoms with Gasteiger partial charge in [0.05, 0.1) is 11.4 Å². The summed E-state index contributed by atoms with van der Waals surface area (Å²) in [6.45, 7) is 6.42. The predicted octanol–water partition coefficient (Wildman–Crippen LogP) is 3.76. The molecular weight excluding hydrogens is 490 g/mol. The average molecular weight is 514 g/mol. The molecule has 4 rings (SSSR count). The maximum Gasteiger partial charge on any atom is 0.408 e. The number of likely N-dealkylation sites (N-methyl/N-ethyl adjacent to an activating group) is 1. The molecular formula is C24H24BrN3O5. The lowest BCUT2D eigenvalue weighted by molar-refractivity contribution is -0.125. The molecule has 0 radical (unpaired) electrons. The van der Waals surface area contributed by atoms with Crippen molar-refractivity contribution in [3.8, 4) is 0 Å². The molecule has 2 aromatic rings. The van der Waals surface area contributed by atoms with Crippen molar-refractivity contribution in [2.24, 2.45) is 0 Å². The SMILES string of the molecule is CC(=O)N1c2ccccc2C(=O)[C@@H]1[C@]1(NC(=O)OC(C)(C)C)C(=O)N(C)c2cccc(Br)c21. The molecule has 2 aliphatic heterocycles. The number of para-hydroxylation sites is 1. The molecule has 9 heteroatoms. The fourth-order valence-electron chi connectivity index (χ4n) is 4.60. The molecule has 3 amide bonds. The van der Waals surface area contributed by atoms with Crippen molar-refractivity contribution >= 4 is 51.0 Å². The van der Waals surface area contributed by atoms with E-state index in [1.807, 2.05) is 0 Å². The average Bonchev–Trinajstić information content (AvgIpc) is 3.13. The van der Waals surface area contributed by atoms with Crippen LogP contribution >= 0.6 is 15.9 Å². The summed E-state index contributed by atoms with van der Waals surface area (Å²) in [6, 6.07) is 10.5. The van der Waals surface area contributed by atoms with Gasteiger partial charge in [-0.15, -0.1) is 0 Å². The van der Waals surface area contributed by atoms with Gasteiger partial charge in [-0.25, -0.2) is 4.79 Å². The number of carbonyl (C=O) groups excluding carboxylic acids is 4. The second kappa shape index (κ2) is 7.69. The minimum absolute atomic E-state index is 0.305. The minimum Gasteiger partial charge on any atom is -0.444 e. The highest BCUT2D eigenvalue weighted by Crippen LogP contribution is 2.50. The van der Waals surface area contributed by atoms with Crippen molar-refractivity contribution < 1.29 is 23.9 Å². The number of alkyl carbamates (subject to hydrolysis) is 1. The van der Waals surface area contributed by atoms with Crippen LogP contribution in [-0.4, -0.2) is 42.4 Å². The van der Waals surface area contributed by atoms with Crippen molar-refractivity contribution in [3.63, 3.8) is 0 Å². The molecule has 0 aromatic heterocycles. The largest absolute Gasteiger partial charge is 0.444 e. The number of nitrogens with one attached hydrogen (secondary N) is 1. The van der Waals surface area contributed by atoms with E-state index in [1.165, 1.54) is 16.7 Å². The lowest BCUT2D eigenvalue weighted by Crippen LogP contribution is -2.66. The van der Waals surface area contributed by atoms with Crippen LogP contribution in [0.15, 0.2) is 46.9 Å². The van der Waals surface area contributed by atoms with Gasteiger partial charge >= 0.3 is 6.09 Å². The number of amides is 3. The molecule has 2 aliphatic rings. The molecule has 1 N–H and O–H groups in total. The molecule has 0 bridgehead atoms. The number of nitrogens with zero attached hydrogens (tertiary/aromatic N) is 2. The standard InChI is InChI=1S/C24H24BrN3O5/c1-13(29)28-16-11-7-6-9-14(16)19(30)20(28)24(26-22(32)33-23(2,3)4)18-15(25)10-8-12-17(18)27(5)21(24)31/h6-12,20H,1-5H3,(H,26,32)/t20-,24+/m1/s1. The van der Waals surface area contributed by atoms with Gasteiger partial charge in [-0.3, -0.25) is 19.3 Å². The van der Waals surface area contributed by atoms with Gasteiger partial charge in [0, 0.05) is 29.6 Å². The number of benzene rings is 2. The smallest absolute Gasteiger partial charge is 0.408 e. The van der Waals surface area contributed by atoms with Gasteiger partial charge in [0.25, 0.3) is 5.91 Å². The van der Waals surface area contributed by atoms with Gasteiger partial charge in [0.2, 0.25) is 5.91 Å². The first-order valence-corrected chi connectivity index (χ1v) is 11.2.